The van der Waals surface area contributed by atoms with Crippen LogP contribution in [0.15, 0.2) is 48.1 Å². The Labute approximate surface area is 364 Å². The summed E-state index contributed by atoms with van der Waals surface area (Å²) in [6, 6.07) is 0. The number of ketones is 3. The molecule has 4 aliphatic carbocycles. The lowest BCUT2D eigenvalue weighted by molar-refractivity contribution is -0.220. The quantitative estimate of drug-likeness (QED) is 0.0492. The van der Waals surface area contributed by atoms with Crippen molar-refractivity contribution in [3.05, 3.63) is 48.1 Å². The summed E-state index contributed by atoms with van der Waals surface area (Å²) in [5.41, 5.74) is -5.83. The molecule has 0 aromatic carbocycles. The molecule has 3 saturated carbocycles. The summed E-state index contributed by atoms with van der Waals surface area (Å²) in [6.07, 6.45) is 25.4. The molecule has 342 valence electrons. The van der Waals surface area contributed by atoms with Crippen molar-refractivity contribution in [2.75, 3.05) is 33.9 Å². The number of allylic oxidation sites excluding steroid dienone is 8. The van der Waals surface area contributed by atoms with E-state index in [1.807, 2.05) is 19.0 Å². The summed E-state index contributed by atoms with van der Waals surface area (Å²) < 4.78 is 28.2. The Morgan fingerprint density at radius 3 is 2.23 bits per heavy atom. The van der Waals surface area contributed by atoms with E-state index in [2.05, 4.69) is 31.2 Å². The van der Waals surface area contributed by atoms with Gasteiger partial charge in [-0.3, -0.25) is 24.0 Å². The van der Waals surface area contributed by atoms with E-state index < -0.39 is 70.3 Å². The minimum absolute atomic E-state index is 0.0430. The second-order valence-electron chi connectivity index (χ2n) is 19.3. The Morgan fingerprint density at radius 1 is 0.918 bits per heavy atom. The highest BCUT2D eigenvalue weighted by atomic mass is 19.1. The van der Waals surface area contributed by atoms with E-state index in [-0.39, 0.29) is 43.4 Å². The predicted octanol–water partition coefficient (Wildman–Crippen LogP) is 8.72. The first kappa shape index (κ1) is 50.4. The van der Waals surface area contributed by atoms with Crippen LogP contribution >= 0.6 is 0 Å². The van der Waals surface area contributed by atoms with Crippen molar-refractivity contribution in [1.29, 1.82) is 0 Å². The molecule has 2 N–H and O–H groups in total. The van der Waals surface area contributed by atoms with Crippen molar-refractivity contribution < 1.29 is 48.0 Å². The van der Waals surface area contributed by atoms with Crippen LogP contribution in [0.3, 0.4) is 0 Å². The fraction of sp³-hybridized carbons (Fsp3) is 0.740. The second kappa shape index (κ2) is 22.9. The van der Waals surface area contributed by atoms with Crippen LogP contribution < -0.4 is 0 Å². The van der Waals surface area contributed by atoms with Crippen LogP contribution in [-0.4, -0.2) is 95.6 Å². The third-order valence-corrected chi connectivity index (χ3v) is 14.6. The summed E-state index contributed by atoms with van der Waals surface area (Å²) in [5.74, 6) is -4.12. The number of hydrogen-bond donors (Lipinski definition) is 2. The molecule has 0 bridgehead atoms. The highest BCUT2D eigenvalue weighted by molar-refractivity contribution is 6.01. The van der Waals surface area contributed by atoms with E-state index in [1.54, 1.807) is 26.8 Å². The van der Waals surface area contributed by atoms with E-state index in [0.29, 0.717) is 44.2 Å². The second-order valence-corrected chi connectivity index (χ2v) is 19.3. The number of carbonyl (C=O) groups excluding carboxylic acids is 5. The minimum atomic E-state index is -2.10. The molecule has 0 aliphatic heterocycles. The molecule has 0 spiro atoms. The highest BCUT2D eigenvalue weighted by Gasteiger charge is 2.75. The summed E-state index contributed by atoms with van der Waals surface area (Å²) in [4.78, 5) is 66.2. The third kappa shape index (κ3) is 12.0. The molecule has 10 nitrogen and oxygen atoms in total. The van der Waals surface area contributed by atoms with Crippen LogP contribution in [0, 0.1) is 34.5 Å². The van der Waals surface area contributed by atoms with Gasteiger partial charge < -0.3 is 24.6 Å². The predicted molar refractivity (Wildman–Crippen MR) is 235 cm³/mol. The summed E-state index contributed by atoms with van der Waals surface area (Å²) in [5, 5.41) is 23.8. The Kier molecular flexibility index (Phi) is 18.9. The molecule has 61 heavy (non-hydrogen) atoms. The summed E-state index contributed by atoms with van der Waals surface area (Å²) in [7, 11) is 3.79. The van der Waals surface area contributed by atoms with Gasteiger partial charge in [0.15, 0.2) is 18.1 Å². The highest BCUT2D eigenvalue weighted by Crippen LogP contribution is 2.70. The van der Waals surface area contributed by atoms with Gasteiger partial charge in [-0.05, 0) is 109 Å². The van der Waals surface area contributed by atoms with Crippen molar-refractivity contribution in [2.24, 2.45) is 34.5 Å². The fourth-order valence-electron chi connectivity index (χ4n) is 11.2. The maximum absolute atomic E-state index is 17.5. The molecule has 3 fully saturated rings. The molecule has 0 radical (unpaired) electrons. The molecule has 1 unspecified atom stereocenters. The average molecular weight is 854 g/mol. The van der Waals surface area contributed by atoms with Gasteiger partial charge in [0.25, 0.3) is 0 Å². The van der Waals surface area contributed by atoms with Crippen molar-refractivity contribution in [2.45, 2.75) is 167 Å². The number of unbranched alkanes of at least 4 members (excludes halogenated alkanes) is 8. The molecule has 11 heteroatoms. The number of fused-ring (bicyclic) bond motifs is 5. The smallest absolute Gasteiger partial charge is 0.306 e. The number of esters is 2. The number of carbonyl (C=O) groups is 5. The van der Waals surface area contributed by atoms with Gasteiger partial charge in [0.05, 0.1) is 25.6 Å². The van der Waals surface area contributed by atoms with Crippen molar-refractivity contribution in [1.82, 2.24) is 4.90 Å². The zero-order chi connectivity index (χ0) is 44.8. The molecule has 0 amide bonds. The summed E-state index contributed by atoms with van der Waals surface area (Å²) >= 11 is 0. The number of nitrogens with zero attached hydrogens (tertiary/aromatic N) is 1. The number of ether oxygens (including phenoxy) is 2. The Bertz CT molecular complexity index is 1650. The first-order chi connectivity index (χ1) is 28.9. The largest absolute Gasteiger partial charge is 0.465 e. The normalized spacial score (nSPS) is 31.2. The molecule has 4 rings (SSSR count). The van der Waals surface area contributed by atoms with E-state index in [1.165, 1.54) is 37.8 Å². The number of rotatable bonds is 26. The van der Waals surface area contributed by atoms with Crippen LogP contribution in [0.5, 0.6) is 0 Å². The number of aliphatic hydroxyl groups excluding tert-OH is 1. The van der Waals surface area contributed by atoms with Crippen molar-refractivity contribution >= 4 is 29.3 Å². The van der Waals surface area contributed by atoms with Gasteiger partial charge in [-0.15, -0.1) is 0 Å². The molecule has 4 aliphatic rings. The maximum Gasteiger partial charge on any atom is 0.306 e. The van der Waals surface area contributed by atoms with Crippen molar-refractivity contribution in [3.63, 3.8) is 0 Å². The standard InChI is InChI=1S/C50H76FNO9/c1-7-8-9-10-11-12-13-14-15-16-17-18-19-20-21-22-39(53)30-37(33-52(5)6)34-60-45(57)25-26-46(58)61-35-44(56)50(59)36(2)29-42-41-24-23-38-31-40(54)27-28-47(38,3)49(41,51)43(55)32-48(42,50)4/h11-12,14-15,27-28,31,36-37,41-43,55,59H,7-10,13,16-26,29-30,32-35H2,1-6H3/b12-11-,15-14-/t36-,37?,41+,42+,43+,47+,48+,49+,50+/m1/s1. The molecule has 0 heterocycles. The zero-order valence-electron chi connectivity index (χ0n) is 38.1. The first-order valence-electron chi connectivity index (χ1n) is 23.3. The monoisotopic (exact) mass is 854 g/mol. The number of alkyl halides is 1. The van der Waals surface area contributed by atoms with E-state index in [4.69, 9.17) is 9.47 Å². The maximum atomic E-state index is 17.5. The summed E-state index contributed by atoms with van der Waals surface area (Å²) in [6.45, 7) is 7.27. The van der Waals surface area contributed by atoms with Crippen LogP contribution in [0.25, 0.3) is 0 Å². The third-order valence-electron chi connectivity index (χ3n) is 14.6. The molecule has 0 aromatic heterocycles. The van der Waals surface area contributed by atoms with Gasteiger partial charge in [-0.25, -0.2) is 4.39 Å². The number of Topliss-reactive ketones (excluding diaryl/α,β-unsaturated/α-hetero) is 2. The van der Waals surface area contributed by atoms with Gasteiger partial charge in [-0.2, -0.15) is 0 Å². The van der Waals surface area contributed by atoms with Gasteiger partial charge in [-0.1, -0.05) is 88.8 Å². The number of halogens is 1. The minimum Gasteiger partial charge on any atom is -0.465 e. The van der Waals surface area contributed by atoms with E-state index in [9.17, 15) is 34.2 Å². The molecular weight excluding hydrogens is 778 g/mol. The van der Waals surface area contributed by atoms with E-state index in [0.717, 1.165) is 44.9 Å². The van der Waals surface area contributed by atoms with Crippen molar-refractivity contribution in [3.8, 4) is 0 Å². The van der Waals surface area contributed by atoms with Crippen LogP contribution in [0.4, 0.5) is 4.39 Å². The molecule has 0 saturated heterocycles. The Morgan fingerprint density at radius 2 is 1.56 bits per heavy atom. The van der Waals surface area contributed by atoms with Crippen LogP contribution in [0.2, 0.25) is 0 Å². The fourth-order valence-corrected chi connectivity index (χ4v) is 11.2. The average Bonchev–Trinajstić information content (AvgIpc) is 3.41. The molecule has 0 aromatic rings. The van der Waals surface area contributed by atoms with Gasteiger partial charge in [0, 0.05) is 42.1 Å². The lowest BCUT2D eigenvalue weighted by Gasteiger charge is -2.62. The molecular formula is C50H76FNO9. The van der Waals surface area contributed by atoms with Gasteiger partial charge in [0.2, 0.25) is 5.78 Å². The lowest BCUT2D eigenvalue weighted by atomic mass is 9.44. The first-order valence-corrected chi connectivity index (χ1v) is 23.3. The number of hydrogen-bond acceptors (Lipinski definition) is 10. The van der Waals surface area contributed by atoms with Gasteiger partial charge >= 0.3 is 11.9 Å². The van der Waals surface area contributed by atoms with Gasteiger partial charge in [0.1, 0.15) is 11.4 Å². The van der Waals surface area contributed by atoms with E-state index >= 15 is 4.39 Å². The Balaban J connectivity index is 1.16. The SMILES string of the molecule is CCCCC/C=C\C/C=C\CCCCCCCC(=O)CC(COC(=O)CCC(=O)OCC(=O)[C@@]1(O)[C@H](C)C[C@H]2[C@@H]3CCC4=CC(=O)C=C[C@]4(C)[C@@]3(F)[C@@H](O)C[C@@]21C)CN(C)C. The van der Waals surface area contributed by atoms with Crippen LogP contribution in [-0.2, 0) is 33.4 Å². The number of aliphatic hydroxyl groups is 2. The zero-order valence-corrected chi connectivity index (χ0v) is 38.1. The lowest BCUT2D eigenvalue weighted by Crippen LogP contribution is -2.69. The van der Waals surface area contributed by atoms with Crippen LogP contribution in [0.1, 0.15) is 150 Å². The Hall–Kier alpha value is -3.28. The molecule has 9 atom stereocenters. The topological polar surface area (TPSA) is 148 Å².